The minimum atomic E-state index is -0.277. The molecule has 2 fully saturated rings. The minimum absolute atomic E-state index is 0.00666. The Labute approximate surface area is 180 Å². The Hall–Kier alpha value is -2.34. The van der Waals surface area contributed by atoms with Gasteiger partial charge in [-0.2, -0.15) is 0 Å². The monoisotopic (exact) mass is 413 g/mol. The van der Waals surface area contributed by atoms with Gasteiger partial charge in [0.15, 0.2) is 0 Å². The summed E-state index contributed by atoms with van der Waals surface area (Å²) in [4.78, 5) is 29.1. The van der Waals surface area contributed by atoms with E-state index in [-0.39, 0.29) is 18.4 Å². The number of carbonyl (C=O) groups is 2. The van der Waals surface area contributed by atoms with Gasteiger partial charge >= 0.3 is 0 Å². The number of para-hydroxylation sites is 1. The van der Waals surface area contributed by atoms with Gasteiger partial charge in [-0.15, -0.1) is 0 Å². The van der Waals surface area contributed by atoms with Crippen molar-refractivity contribution in [3.8, 4) is 5.75 Å². The summed E-state index contributed by atoms with van der Waals surface area (Å²) < 4.78 is 5.27. The van der Waals surface area contributed by atoms with Crippen LogP contribution in [0.5, 0.6) is 5.75 Å². The maximum absolute atomic E-state index is 12.5. The predicted molar refractivity (Wildman–Crippen MR) is 119 cm³/mol. The molecule has 1 N–H and O–H groups in total. The Balaban J connectivity index is 1.40. The van der Waals surface area contributed by atoms with E-state index in [4.69, 9.17) is 4.74 Å². The van der Waals surface area contributed by atoms with E-state index in [1.54, 1.807) is 13.2 Å². The van der Waals surface area contributed by atoms with Gasteiger partial charge in [0.25, 0.3) is 0 Å². The molecular weight excluding hydrogens is 378 g/mol. The highest BCUT2D eigenvalue weighted by molar-refractivity contribution is 5.94. The van der Waals surface area contributed by atoms with Crippen LogP contribution in [0.1, 0.15) is 50.5 Å². The fraction of sp³-hybridized carbons (Fsp3) is 0.583. The van der Waals surface area contributed by atoms with Gasteiger partial charge in [-0.3, -0.25) is 9.59 Å². The van der Waals surface area contributed by atoms with E-state index in [0.717, 1.165) is 31.5 Å². The molecule has 0 unspecified atom stereocenters. The molecule has 1 saturated heterocycles. The highest BCUT2D eigenvalue weighted by Gasteiger charge is 2.29. The Morgan fingerprint density at radius 3 is 2.47 bits per heavy atom. The topological polar surface area (TPSA) is 61.9 Å². The second-order valence-electron chi connectivity index (χ2n) is 8.36. The van der Waals surface area contributed by atoms with Crippen molar-refractivity contribution in [2.24, 2.45) is 0 Å². The van der Waals surface area contributed by atoms with Crippen LogP contribution in [-0.4, -0.2) is 67.5 Å². The number of ether oxygens (including phenoxy) is 1. The molecule has 1 aliphatic carbocycles. The molecule has 0 spiro atoms. The van der Waals surface area contributed by atoms with Gasteiger partial charge in [-0.1, -0.05) is 37.5 Å². The van der Waals surface area contributed by atoms with Crippen LogP contribution in [0, 0.1) is 0 Å². The van der Waals surface area contributed by atoms with E-state index in [1.165, 1.54) is 38.2 Å². The number of hydrogen-bond donors (Lipinski definition) is 1. The molecule has 0 bridgehead atoms. The molecule has 2 aliphatic rings. The van der Waals surface area contributed by atoms with Crippen molar-refractivity contribution < 1.29 is 14.3 Å². The van der Waals surface area contributed by atoms with Crippen LogP contribution in [0.15, 0.2) is 30.3 Å². The van der Waals surface area contributed by atoms with E-state index in [9.17, 15) is 9.59 Å². The average Bonchev–Trinajstić information content (AvgIpc) is 2.81. The van der Waals surface area contributed by atoms with Crippen molar-refractivity contribution in [2.75, 3.05) is 33.8 Å². The summed E-state index contributed by atoms with van der Waals surface area (Å²) in [6.45, 7) is 1.58. The molecule has 2 amide bonds. The summed E-state index contributed by atoms with van der Waals surface area (Å²) in [5.41, 5.74) is 0.825. The minimum Gasteiger partial charge on any atom is -0.496 e. The van der Waals surface area contributed by atoms with Gasteiger partial charge in [0.1, 0.15) is 5.75 Å². The van der Waals surface area contributed by atoms with E-state index in [0.29, 0.717) is 17.8 Å². The first-order valence-corrected chi connectivity index (χ1v) is 11.2. The molecule has 0 radical (unpaired) electrons. The summed E-state index contributed by atoms with van der Waals surface area (Å²) in [5, 5.41) is 2.70. The van der Waals surface area contributed by atoms with Crippen LogP contribution < -0.4 is 10.1 Å². The van der Waals surface area contributed by atoms with E-state index in [2.05, 4.69) is 17.3 Å². The van der Waals surface area contributed by atoms with Crippen LogP contribution in [0.25, 0.3) is 6.08 Å². The fourth-order valence-electron chi connectivity index (χ4n) is 4.61. The summed E-state index contributed by atoms with van der Waals surface area (Å²) in [5.74, 6) is 0.424. The van der Waals surface area contributed by atoms with Crippen molar-refractivity contribution in [3.63, 3.8) is 0 Å². The van der Waals surface area contributed by atoms with Gasteiger partial charge in [0.2, 0.25) is 11.8 Å². The lowest BCUT2D eigenvalue weighted by Crippen LogP contribution is -2.50. The molecule has 1 aromatic carbocycles. The summed E-state index contributed by atoms with van der Waals surface area (Å²) >= 11 is 0. The lowest BCUT2D eigenvalue weighted by atomic mass is 9.92. The Morgan fingerprint density at radius 2 is 1.77 bits per heavy atom. The molecule has 6 nitrogen and oxygen atoms in total. The maximum atomic E-state index is 12.5. The maximum Gasteiger partial charge on any atom is 0.244 e. The van der Waals surface area contributed by atoms with Crippen LogP contribution in [0.2, 0.25) is 0 Å². The Morgan fingerprint density at radius 1 is 1.10 bits per heavy atom. The van der Waals surface area contributed by atoms with Crippen molar-refractivity contribution in [1.29, 1.82) is 0 Å². The molecule has 1 saturated carbocycles. The molecule has 1 heterocycles. The number of nitrogens with one attached hydrogen (secondary N) is 1. The van der Waals surface area contributed by atoms with Crippen LogP contribution >= 0.6 is 0 Å². The number of benzene rings is 1. The summed E-state index contributed by atoms with van der Waals surface area (Å²) in [6.07, 6.45) is 11.8. The first kappa shape index (κ1) is 22.3. The third kappa shape index (κ3) is 6.08. The smallest absolute Gasteiger partial charge is 0.244 e. The van der Waals surface area contributed by atoms with Gasteiger partial charge in [0, 0.05) is 36.8 Å². The quantitative estimate of drug-likeness (QED) is 0.698. The number of piperidine rings is 1. The third-order valence-corrected chi connectivity index (χ3v) is 6.51. The SMILES string of the molecule is COc1ccccc1/C=C/C(=O)NCC(=O)N1CCC(N(C)C2CCCCC2)CC1. The number of nitrogens with zero attached hydrogens (tertiary/aromatic N) is 2. The Bertz CT molecular complexity index is 735. The second kappa shape index (κ2) is 11.2. The molecule has 6 heteroatoms. The number of methoxy groups -OCH3 is 1. The second-order valence-corrected chi connectivity index (χ2v) is 8.36. The first-order chi connectivity index (χ1) is 14.6. The van der Waals surface area contributed by atoms with Gasteiger partial charge < -0.3 is 19.9 Å². The van der Waals surface area contributed by atoms with Crippen molar-refractivity contribution in [3.05, 3.63) is 35.9 Å². The zero-order valence-corrected chi connectivity index (χ0v) is 18.3. The summed E-state index contributed by atoms with van der Waals surface area (Å²) in [6, 6.07) is 8.76. The molecule has 164 valence electrons. The summed E-state index contributed by atoms with van der Waals surface area (Å²) in [7, 11) is 3.86. The third-order valence-electron chi connectivity index (χ3n) is 6.51. The Kier molecular flexibility index (Phi) is 8.31. The van der Waals surface area contributed by atoms with Crippen LogP contribution in [0.3, 0.4) is 0 Å². The number of carbonyl (C=O) groups excluding carboxylic acids is 2. The average molecular weight is 414 g/mol. The van der Waals surface area contributed by atoms with E-state index < -0.39 is 0 Å². The highest BCUT2D eigenvalue weighted by atomic mass is 16.5. The number of amides is 2. The van der Waals surface area contributed by atoms with Crippen LogP contribution in [-0.2, 0) is 9.59 Å². The van der Waals surface area contributed by atoms with Gasteiger partial charge in [-0.05, 0) is 44.9 Å². The predicted octanol–water partition coefficient (Wildman–Crippen LogP) is 3.08. The number of hydrogen-bond acceptors (Lipinski definition) is 4. The normalized spacial score (nSPS) is 18.7. The standard InChI is InChI=1S/C24H35N3O3/c1-26(20-9-4-3-5-10-20)21-14-16-27(17-15-21)24(29)18-25-23(28)13-12-19-8-6-7-11-22(19)30-2/h6-8,11-13,20-21H,3-5,9-10,14-18H2,1-2H3,(H,25,28)/b13-12+. The van der Waals surface area contributed by atoms with Crippen LogP contribution in [0.4, 0.5) is 0 Å². The first-order valence-electron chi connectivity index (χ1n) is 11.2. The van der Waals surface area contributed by atoms with Gasteiger partial charge in [-0.25, -0.2) is 0 Å². The van der Waals surface area contributed by atoms with Gasteiger partial charge in [0.05, 0.1) is 13.7 Å². The lowest BCUT2D eigenvalue weighted by molar-refractivity contribution is -0.133. The molecular formula is C24H35N3O3. The lowest BCUT2D eigenvalue weighted by Gasteiger charge is -2.41. The van der Waals surface area contributed by atoms with Crippen molar-refractivity contribution in [1.82, 2.24) is 15.1 Å². The largest absolute Gasteiger partial charge is 0.496 e. The molecule has 0 atom stereocenters. The number of likely N-dealkylation sites (tertiary alicyclic amines) is 1. The van der Waals surface area contributed by atoms with Crippen molar-refractivity contribution >= 4 is 17.9 Å². The van der Waals surface area contributed by atoms with E-state index in [1.807, 2.05) is 29.2 Å². The highest BCUT2D eigenvalue weighted by Crippen LogP contribution is 2.26. The number of rotatable bonds is 7. The molecule has 3 rings (SSSR count). The molecule has 30 heavy (non-hydrogen) atoms. The zero-order valence-electron chi connectivity index (χ0n) is 18.3. The zero-order chi connectivity index (χ0) is 21.3. The molecule has 1 aromatic rings. The van der Waals surface area contributed by atoms with Crippen molar-refractivity contribution in [2.45, 2.75) is 57.0 Å². The fourth-order valence-corrected chi connectivity index (χ4v) is 4.61. The molecule has 0 aromatic heterocycles. The molecule has 1 aliphatic heterocycles. The van der Waals surface area contributed by atoms with E-state index >= 15 is 0 Å².